The number of nitrogens with zero attached hydrogens (tertiary/aromatic N) is 3. The molecule has 0 aliphatic heterocycles. The van der Waals surface area contributed by atoms with Crippen molar-refractivity contribution in [3.8, 4) is 5.69 Å². The van der Waals surface area contributed by atoms with Crippen molar-refractivity contribution in [2.45, 2.75) is 32.1 Å². The average molecular weight is 398 g/mol. The van der Waals surface area contributed by atoms with Crippen LogP contribution in [0.25, 0.3) is 16.7 Å². The van der Waals surface area contributed by atoms with Gasteiger partial charge in [0.05, 0.1) is 16.2 Å². The number of fused-ring (bicyclic) bond motifs is 1. The van der Waals surface area contributed by atoms with Crippen LogP contribution in [-0.4, -0.2) is 19.7 Å². The maximum Gasteiger partial charge on any atom is 0.262 e. The Bertz CT molecular complexity index is 982. The van der Waals surface area contributed by atoms with Crippen LogP contribution in [0.4, 0.5) is 0 Å². The Morgan fingerprint density at radius 1 is 1.16 bits per heavy atom. The van der Waals surface area contributed by atoms with E-state index in [4.69, 9.17) is 34.8 Å². The lowest BCUT2D eigenvalue weighted by atomic mass is 10.0. The Labute approximate surface area is 158 Å². The minimum atomic E-state index is -0.203. The highest BCUT2D eigenvalue weighted by atomic mass is 35.5. The molecule has 5 nitrogen and oxygen atoms in total. The summed E-state index contributed by atoms with van der Waals surface area (Å²) < 4.78 is 1.50. The lowest BCUT2D eigenvalue weighted by molar-refractivity contribution is 0.530. The maximum absolute atomic E-state index is 12.4. The lowest BCUT2D eigenvalue weighted by Crippen LogP contribution is -2.14. The molecule has 0 amide bonds. The van der Waals surface area contributed by atoms with Crippen molar-refractivity contribution < 1.29 is 0 Å². The van der Waals surface area contributed by atoms with Gasteiger partial charge in [0, 0.05) is 11.4 Å². The first-order valence-electron chi connectivity index (χ1n) is 8.15. The summed E-state index contributed by atoms with van der Waals surface area (Å²) in [6.45, 7) is 0. The van der Waals surface area contributed by atoms with E-state index in [0.29, 0.717) is 43.5 Å². The van der Waals surface area contributed by atoms with Gasteiger partial charge in [0.1, 0.15) is 16.9 Å². The topological polar surface area (TPSA) is 63.6 Å². The lowest BCUT2D eigenvalue weighted by Gasteiger charge is -2.10. The third-order valence-electron chi connectivity index (χ3n) is 4.64. The Hall–Kier alpha value is -1.56. The minimum Gasteiger partial charge on any atom is -0.310 e. The van der Waals surface area contributed by atoms with E-state index in [2.05, 4.69) is 15.1 Å². The largest absolute Gasteiger partial charge is 0.310 e. The van der Waals surface area contributed by atoms with Crippen LogP contribution < -0.4 is 5.56 Å². The van der Waals surface area contributed by atoms with Gasteiger partial charge >= 0.3 is 0 Å². The number of hydrogen-bond donors (Lipinski definition) is 1. The van der Waals surface area contributed by atoms with Gasteiger partial charge in [0.25, 0.3) is 5.56 Å². The average Bonchev–Trinajstić information content (AvgIpc) is 3.17. The van der Waals surface area contributed by atoms with E-state index in [1.54, 1.807) is 12.1 Å². The summed E-state index contributed by atoms with van der Waals surface area (Å²) in [4.78, 5) is 19.9. The zero-order valence-electron chi connectivity index (χ0n) is 13.2. The number of H-pyrrole nitrogens is 1. The van der Waals surface area contributed by atoms with Crippen LogP contribution in [0.1, 0.15) is 31.5 Å². The van der Waals surface area contributed by atoms with E-state index in [9.17, 15) is 4.79 Å². The molecule has 1 fully saturated rings. The number of hydrogen-bond acceptors (Lipinski definition) is 3. The fourth-order valence-corrected chi connectivity index (χ4v) is 4.43. The van der Waals surface area contributed by atoms with Crippen molar-refractivity contribution in [2.24, 2.45) is 5.92 Å². The Morgan fingerprint density at radius 3 is 2.52 bits per heavy atom. The van der Waals surface area contributed by atoms with Crippen LogP contribution in [-0.2, 0) is 6.42 Å². The number of aromatic amines is 1. The molecule has 0 radical (unpaired) electrons. The van der Waals surface area contributed by atoms with Crippen molar-refractivity contribution in [1.29, 1.82) is 0 Å². The zero-order chi connectivity index (χ0) is 17.6. The second kappa shape index (κ2) is 6.63. The van der Waals surface area contributed by atoms with Crippen molar-refractivity contribution in [1.82, 2.24) is 19.7 Å². The van der Waals surface area contributed by atoms with Crippen LogP contribution in [0.3, 0.4) is 0 Å². The molecule has 2 heterocycles. The van der Waals surface area contributed by atoms with Gasteiger partial charge < -0.3 is 4.98 Å². The Kier molecular flexibility index (Phi) is 4.48. The molecule has 25 heavy (non-hydrogen) atoms. The summed E-state index contributed by atoms with van der Waals surface area (Å²) in [7, 11) is 0. The molecule has 0 bridgehead atoms. The van der Waals surface area contributed by atoms with Crippen LogP contribution in [0, 0.1) is 5.92 Å². The highest BCUT2D eigenvalue weighted by Crippen LogP contribution is 2.33. The van der Waals surface area contributed by atoms with E-state index in [-0.39, 0.29) is 5.56 Å². The highest BCUT2D eigenvalue weighted by molar-refractivity contribution is 6.40. The monoisotopic (exact) mass is 396 g/mol. The number of rotatable bonds is 3. The summed E-state index contributed by atoms with van der Waals surface area (Å²) in [6, 6.07) is 3.18. The molecule has 1 N–H and O–H groups in total. The molecule has 1 aromatic carbocycles. The molecule has 0 atom stereocenters. The van der Waals surface area contributed by atoms with Crippen molar-refractivity contribution in [3.05, 3.63) is 49.6 Å². The Morgan fingerprint density at radius 2 is 1.84 bits per heavy atom. The Balaban J connectivity index is 1.85. The molecule has 0 unspecified atom stereocenters. The fraction of sp³-hybridized carbons (Fsp3) is 0.353. The summed E-state index contributed by atoms with van der Waals surface area (Å²) in [5.41, 5.74) is 0.709. The molecule has 1 saturated carbocycles. The smallest absolute Gasteiger partial charge is 0.262 e. The van der Waals surface area contributed by atoms with Gasteiger partial charge in [-0.1, -0.05) is 60.5 Å². The molecular weight excluding hydrogens is 383 g/mol. The normalized spacial score (nSPS) is 15.3. The minimum absolute atomic E-state index is 0.203. The maximum atomic E-state index is 12.4. The van der Waals surface area contributed by atoms with E-state index < -0.39 is 0 Å². The van der Waals surface area contributed by atoms with E-state index >= 15 is 0 Å². The van der Waals surface area contributed by atoms with E-state index in [0.717, 1.165) is 6.42 Å². The summed E-state index contributed by atoms with van der Waals surface area (Å²) in [5.74, 6) is 1.24. The molecule has 3 aromatic rings. The third kappa shape index (κ3) is 3.16. The molecule has 0 saturated heterocycles. The number of nitrogens with one attached hydrogen (secondary N) is 1. The van der Waals surface area contributed by atoms with Crippen LogP contribution >= 0.6 is 34.8 Å². The summed E-state index contributed by atoms with van der Waals surface area (Å²) >= 11 is 18.6. The van der Waals surface area contributed by atoms with Gasteiger partial charge in [-0.2, -0.15) is 5.10 Å². The molecule has 0 spiro atoms. The molecule has 4 rings (SSSR count). The standard InChI is InChI=1S/C17H15Cl3N4O/c18-10-6-12(19)15(13(20)7-10)24-16-11(8-21-24)17(25)23-14(22-16)5-9-3-1-2-4-9/h6-9H,1-5H2,(H,22,23,25). The highest BCUT2D eigenvalue weighted by Gasteiger charge is 2.20. The number of aromatic nitrogens is 4. The molecule has 1 aliphatic rings. The third-order valence-corrected chi connectivity index (χ3v) is 5.43. The van der Waals surface area contributed by atoms with E-state index in [1.165, 1.54) is 36.6 Å². The summed E-state index contributed by atoms with van der Waals surface area (Å²) in [5, 5.41) is 5.80. The molecule has 1 aliphatic carbocycles. The van der Waals surface area contributed by atoms with Gasteiger partial charge in [-0.25, -0.2) is 9.67 Å². The fourth-order valence-electron chi connectivity index (χ4n) is 3.45. The first-order valence-corrected chi connectivity index (χ1v) is 9.28. The first-order chi connectivity index (χ1) is 12.0. The SMILES string of the molecule is O=c1[nH]c(CC2CCCC2)nc2c1cnn2-c1c(Cl)cc(Cl)cc1Cl. The molecule has 130 valence electrons. The second-order valence-corrected chi connectivity index (χ2v) is 7.63. The van der Waals surface area contributed by atoms with E-state index in [1.807, 2.05) is 0 Å². The molecular formula is C17H15Cl3N4O. The number of benzene rings is 1. The number of halogens is 3. The van der Waals surface area contributed by atoms with Crippen LogP contribution in [0.2, 0.25) is 15.1 Å². The van der Waals surface area contributed by atoms with Gasteiger partial charge in [-0.05, 0) is 18.1 Å². The molecule has 8 heteroatoms. The second-order valence-electron chi connectivity index (χ2n) is 6.38. The van der Waals surface area contributed by atoms with Gasteiger partial charge in [0.15, 0.2) is 5.65 Å². The van der Waals surface area contributed by atoms with Crippen molar-refractivity contribution >= 4 is 45.8 Å². The quantitative estimate of drug-likeness (QED) is 0.690. The van der Waals surface area contributed by atoms with Crippen LogP contribution in [0.15, 0.2) is 23.1 Å². The van der Waals surface area contributed by atoms with Gasteiger partial charge in [0.2, 0.25) is 0 Å². The molecule has 2 aromatic heterocycles. The van der Waals surface area contributed by atoms with Gasteiger partial charge in [-0.15, -0.1) is 0 Å². The first kappa shape index (κ1) is 16.9. The van der Waals surface area contributed by atoms with Crippen LogP contribution in [0.5, 0.6) is 0 Å². The summed E-state index contributed by atoms with van der Waals surface area (Å²) in [6.07, 6.45) is 7.07. The predicted octanol–water partition coefficient (Wildman–Crippen LogP) is 4.80. The van der Waals surface area contributed by atoms with Crippen molar-refractivity contribution in [3.63, 3.8) is 0 Å². The van der Waals surface area contributed by atoms with Gasteiger partial charge in [-0.3, -0.25) is 4.79 Å². The zero-order valence-corrected chi connectivity index (χ0v) is 15.5. The van der Waals surface area contributed by atoms with Crippen molar-refractivity contribution in [2.75, 3.05) is 0 Å². The predicted molar refractivity (Wildman–Crippen MR) is 100 cm³/mol.